The highest BCUT2D eigenvalue weighted by atomic mass is 19.3. The van der Waals surface area contributed by atoms with Crippen molar-refractivity contribution in [3.05, 3.63) is 29.8 Å². The van der Waals surface area contributed by atoms with Crippen molar-refractivity contribution in [3.8, 4) is 5.75 Å². The number of benzene rings is 1. The van der Waals surface area contributed by atoms with Crippen LogP contribution in [0.3, 0.4) is 0 Å². The molecule has 6 heteroatoms. The highest BCUT2D eigenvalue weighted by Crippen LogP contribution is 2.29. The summed E-state index contributed by atoms with van der Waals surface area (Å²) in [5, 5.41) is 0. The topological polar surface area (TPSA) is 35.2 Å². The standard InChI is InChI=1S/C12H15F4NO/c1-2-4-10(17)8-5-3-6-9(7-8)18-12(15,16)11(13)14/h3,5-7,10-11H,2,4,17H2,1H3/t10-/m0/s1. The molecule has 18 heavy (non-hydrogen) atoms. The zero-order valence-corrected chi connectivity index (χ0v) is 9.88. The molecule has 0 spiro atoms. The molecule has 0 aliphatic heterocycles. The van der Waals surface area contributed by atoms with Gasteiger partial charge in [0.15, 0.2) is 0 Å². The number of rotatable bonds is 6. The Bertz CT molecular complexity index is 384. The first-order chi connectivity index (χ1) is 8.36. The van der Waals surface area contributed by atoms with Gasteiger partial charge in [-0.25, -0.2) is 0 Å². The van der Waals surface area contributed by atoms with E-state index in [4.69, 9.17) is 5.73 Å². The average molecular weight is 265 g/mol. The maximum absolute atomic E-state index is 12.7. The zero-order chi connectivity index (χ0) is 13.8. The van der Waals surface area contributed by atoms with Crippen LogP contribution in [0.5, 0.6) is 5.75 Å². The summed E-state index contributed by atoms with van der Waals surface area (Å²) in [5.74, 6) is -0.315. The minimum atomic E-state index is -4.49. The van der Waals surface area contributed by atoms with Crippen LogP contribution in [0.4, 0.5) is 17.6 Å². The lowest BCUT2D eigenvalue weighted by Gasteiger charge is -2.18. The summed E-state index contributed by atoms with van der Waals surface area (Å²) >= 11 is 0. The van der Waals surface area contributed by atoms with E-state index in [0.29, 0.717) is 12.0 Å². The fraction of sp³-hybridized carbons (Fsp3) is 0.500. The highest BCUT2D eigenvalue weighted by Gasteiger charge is 2.43. The molecular weight excluding hydrogens is 250 g/mol. The quantitative estimate of drug-likeness (QED) is 0.795. The van der Waals surface area contributed by atoms with Crippen molar-refractivity contribution < 1.29 is 22.3 Å². The van der Waals surface area contributed by atoms with Crippen LogP contribution in [0.15, 0.2) is 24.3 Å². The van der Waals surface area contributed by atoms with Gasteiger partial charge >= 0.3 is 12.5 Å². The molecule has 0 bridgehead atoms. The van der Waals surface area contributed by atoms with Gasteiger partial charge in [0.05, 0.1) is 0 Å². The molecule has 0 heterocycles. The van der Waals surface area contributed by atoms with Crippen LogP contribution in [0, 0.1) is 0 Å². The molecule has 0 amide bonds. The molecular formula is C12H15F4NO. The normalized spacial score (nSPS) is 13.7. The maximum Gasteiger partial charge on any atom is 0.461 e. The smallest absolute Gasteiger partial charge is 0.428 e. The van der Waals surface area contributed by atoms with E-state index in [2.05, 4.69) is 4.74 Å². The Hall–Kier alpha value is -1.30. The second-order valence-corrected chi connectivity index (χ2v) is 3.93. The number of nitrogens with two attached hydrogens (primary N) is 1. The molecule has 0 aliphatic rings. The zero-order valence-electron chi connectivity index (χ0n) is 9.88. The average Bonchev–Trinajstić information content (AvgIpc) is 2.29. The molecule has 0 radical (unpaired) electrons. The number of hydrogen-bond acceptors (Lipinski definition) is 2. The van der Waals surface area contributed by atoms with Crippen molar-refractivity contribution in [2.75, 3.05) is 0 Å². The predicted octanol–water partition coefficient (Wildman–Crippen LogP) is 3.72. The molecule has 0 saturated carbocycles. The first-order valence-electron chi connectivity index (χ1n) is 5.57. The van der Waals surface area contributed by atoms with Gasteiger partial charge in [-0.1, -0.05) is 25.5 Å². The van der Waals surface area contributed by atoms with Gasteiger partial charge < -0.3 is 10.5 Å². The molecule has 102 valence electrons. The van der Waals surface area contributed by atoms with Crippen LogP contribution >= 0.6 is 0 Å². The van der Waals surface area contributed by atoms with Crippen LogP contribution in [0.1, 0.15) is 31.4 Å². The Labute approximate surface area is 103 Å². The Morgan fingerprint density at radius 2 is 2.00 bits per heavy atom. The van der Waals surface area contributed by atoms with Crippen LogP contribution in [0.25, 0.3) is 0 Å². The first-order valence-corrected chi connectivity index (χ1v) is 5.57. The van der Waals surface area contributed by atoms with Gasteiger partial charge in [-0.15, -0.1) is 0 Å². The second kappa shape index (κ2) is 6.04. The fourth-order valence-corrected chi connectivity index (χ4v) is 1.49. The molecule has 1 atom stereocenters. The summed E-state index contributed by atoms with van der Waals surface area (Å²) in [7, 11) is 0. The minimum Gasteiger partial charge on any atom is -0.428 e. The maximum atomic E-state index is 12.7. The van der Waals surface area contributed by atoms with Crippen molar-refractivity contribution >= 4 is 0 Å². The Balaban J connectivity index is 2.82. The molecule has 1 aromatic carbocycles. The van der Waals surface area contributed by atoms with E-state index in [0.717, 1.165) is 6.42 Å². The van der Waals surface area contributed by atoms with Crippen LogP contribution < -0.4 is 10.5 Å². The molecule has 0 unspecified atom stereocenters. The predicted molar refractivity (Wildman–Crippen MR) is 59.9 cm³/mol. The van der Waals surface area contributed by atoms with Gasteiger partial charge in [0.25, 0.3) is 0 Å². The summed E-state index contributed by atoms with van der Waals surface area (Å²) in [6.45, 7) is 1.94. The lowest BCUT2D eigenvalue weighted by atomic mass is 10.0. The monoisotopic (exact) mass is 265 g/mol. The number of ether oxygens (including phenoxy) is 1. The van der Waals surface area contributed by atoms with Crippen molar-refractivity contribution in [2.24, 2.45) is 5.73 Å². The summed E-state index contributed by atoms with van der Waals surface area (Å²) in [6, 6.07) is 5.23. The van der Waals surface area contributed by atoms with E-state index in [1.54, 1.807) is 6.07 Å². The summed E-state index contributed by atoms with van der Waals surface area (Å²) in [6.07, 6.45) is -6.85. The van der Waals surface area contributed by atoms with Gasteiger partial charge in [-0.05, 0) is 24.1 Å². The van der Waals surface area contributed by atoms with E-state index in [-0.39, 0.29) is 11.8 Å². The van der Waals surface area contributed by atoms with E-state index in [1.165, 1.54) is 18.2 Å². The van der Waals surface area contributed by atoms with E-state index >= 15 is 0 Å². The molecule has 0 aromatic heterocycles. The van der Waals surface area contributed by atoms with E-state index in [9.17, 15) is 17.6 Å². The summed E-state index contributed by atoms with van der Waals surface area (Å²) in [4.78, 5) is 0. The van der Waals surface area contributed by atoms with Gasteiger partial charge in [0.1, 0.15) is 5.75 Å². The third kappa shape index (κ3) is 3.87. The Kier molecular flexibility index (Phi) is 4.95. The van der Waals surface area contributed by atoms with Crippen LogP contribution in [0.2, 0.25) is 0 Å². The van der Waals surface area contributed by atoms with Gasteiger partial charge in [-0.3, -0.25) is 0 Å². The van der Waals surface area contributed by atoms with Crippen LogP contribution in [-0.4, -0.2) is 12.5 Å². The molecule has 1 rings (SSSR count). The molecule has 2 nitrogen and oxygen atoms in total. The molecule has 0 fully saturated rings. The molecule has 0 aliphatic carbocycles. The largest absolute Gasteiger partial charge is 0.461 e. The number of alkyl halides is 4. The number of hydrogen-bond donors (Lipinski definition) is 1. The van der Waals surface area contributed by atoms with E-state index < -0.39 is 12.5 Å². The summed E-state index contributed by atoms with van der Waals surface area (Å²) < 4.78 is 53.4. The van der Waals surface area contributed by atoms with Gasteiger partial charge in [0, 0.05) is 6.04 Å². The van der Waals surface area contributed by atoms with Gasteiger partial charge in [0.2, 0.25) is 0 Å². The fourth-order valence-electron chi connectivity index (χ4n) is 1.49. The van der Waals surface area contributed by atoms with Crippen molar-refractivity contribution in [1.82, 2.24) is 0 Å². The van der Waals surface area contributed by atoms with Gasteiger partial charge in [-0.2, -0.15) is 17.6 Å². The van der Waals surface area contributed by atoms with Crippen molar-refractivity contribution in [1.29, 1.82) is 0 Å². The molecule has 1 aromatic rings. The molecule has 2 N–H and O–H groups in total. The lowest BCUT2D eigenvalue weighted by molar-refractivity contribution is -0.253. The lowest BCUT2D eigenvalue weighted by Crippen LogP contribution is -2.33. The Morgan fingerprint density at radius 1 is 1.33 bits per heavy atom. The van der Waals surface area contributed by atoms with E-state index in [1.807, 2.05) is 6.92 Å². The van der Waals surface area contributed by atoms with Crippen molar-refractivity contribution in [2.45, 2.75) is 38.3 Å². The highest BCUT2D eigenvalue weighted by molar-refractivity contribution is 5.30. The van der Waals surface area contributed by atoms with Crippen molar-refractivity contribution in [3.63, 3.8) is 0 Å². The SMILES string of the molecule is CCC[C@H](N)c1cccc(OC(F)(F)C(F)F)c1. The third-order valence-electron chi connectivity index (χ3n) is 2.39. The first kappa shape index (κ1) is 14.8. The Morgan fingerprint density at radius 3 is 2.56 bits per heavy atom. The molecule has 0 saturated heterocycles. The number of halogens is 4. The third-order valence-corrected chi connectivity index (χ3v) is 2.39. The minimum absolute atomic E-state index is 0.315. The van der Waals surface area contributed by atoms with Crippen LogP contribution in [-0.2, 0) is 0 Å². The second-order valence-electron chi connectivity index (χ2n) is 3.93. The summed E-state index contributed by atoms with van der Waals surface area (Å²) in [5.41, 5.74) is 6.39.